The maximum Gasteiger partial charge on any atom is 0.176 e. The Morgan fingerprint density at radius 2 is 1.63 bits per heavy atom. The van der Waals surface area contributed by atoms with Crippen LogP contribution in [0.5, 0.6) is 0 Å². The van der Waals surface area contributed by atoms with E-state index in [-0.39, 0.29) is 35.4 Å². The Bertz CT molecular complexity index is 1190. The van der Waals surface area contributed by atoms with Crippen LogP contribution in [0.2, 0.25) is 0 Å². The second-order valence-electron chi connectivity index (χ2n) is 14.6. The van der Waals surface area contributed by atoms with E-state index in [0.717, 1.165) is 11.1 Å². The monoisotopic (exact) mass is 566 g/mol. The Balaban J connectivity index is 2.58. The van der Waals surface area contributed by atoms with Crippen LogP contribution in [0.25, 0.3) is 0 Å². The minimum Gasteiger partial charge on any atom is -0.490 e. The zero-order valence-electron chi connectivity index (χ0n) is 27.5. The molecule has 3 rings (SSSR count). The van der Waals surface area contributed by atoms with Crippen LogP contribution in [-0.2, 0) is 19.1 Å². The van der Waals surface area contributed by atoms with Gasteiger partial charge in [-0.15, -0.1) is 0 Å². The molecule has 0 aromatic heterocycles. The van der Waals surface area contributed by atoms with E-state index >= 15 is 4.79 Å². The van der Waals surface area contributed by atoms with Gasteiger partial charge in [-0.2, -0.15) is 0 Å². The summed E-state index contributed by atoms with van der Waals surface area (Å²) in [6.07, 6.45) is 8.81. The third-order valence-corrected chi connectivity index (χ3v) is 10.2. The summed E-state index contributed by atoms with van der Waals surface area (Å²) < 4.78 is 6.75. The number of fused-ring (bicyclic) bond motifs is 1. The van der Waals surface area contributed by atoms with Gasteiger partial charge in [0.1, 0.15) is 11.9 Å². The van der Waals surface area contributed by atoms with Crippen molar-refractivity contribution >= 4 is 17.3 Å². The molecule has 5 nitrogen and oxygen atoms in total. The maximum atomic E-state index is 15.4. The first-order valence-corrected chi connectivity index (χ1v) is 15.6. The van der Waals surface area contributed by atoms with Gasteiger partial charge in [-0.25, -0.2) is 0 Å². The molecule has 0 aromatic rings. The van der Waals surface area contributed by atoms with Crippen LogP contribution in [0.15, 0.2) is 46.3 Å². The van der Waals surface area contributed by atoms with Gasteiger partial charge in [-0.1, -0.05) is 55.7 Å². The van der Waals surface area contributed by atoms with E-state index in [2.05, 4.69) is 26.8 Å². The second kappa shape index (κ2) is 11.8. The first-order valence-electron chi connectivity index (χ1n) is 15.6. The molecule has 6 atom stereocenters. The summed E-state index contributed by atoms with van der Waals surface area (Å²) in [5.41, 5.74) is -1.23. The van der Waals surface area contributed by atoms with Gasteiger partial charge in [-0.3, -0.25) is 14.4 Å². The average Bonchev–Trinajstić information content (AvgIpc) is 3.02. The molecule has 3 aliphatic rings. The molecule has 5 heteroatoms. The fraction of sp³-hybridized carbons (Fsp3) is 0.694. The third kappa shape index (κ3) is 5.48. The molecule has 0 spiro atoms. The highest BCUT2D eigenvalue weighted by molar-refractivity contribution is 6.27. The van der Waals surface area contributed by atoms with E-state index < -0.39 is 33.9 Å². The quantitative estimate of drug-likeness (QED) is 0.214. The van der Waals surface area contributed by atoms with Crippen LogP contribution < -0.4 is 0 Å². The Morgan fingerprint density at radius 1 is 1.05 bits per heavy atom. The fourth-order valence-corrected chi connectivity index (χ4v) is 7.44. The molecular formula is C36H54O5. The van der Waals surface area contributed by atoms with Gasteiger partial charge in [-0.05, 0) is 112 Å². The van der Waals surface area contributed by atoms with Crippen molar-refractivity contribution < 1.29 is 24.2 Å². The van der Waals surface area contributed by atoms with Crippen molar-refractivity contribution in [1.29, 1.82) is 0 Å². The summed E-state index contributed by atoms with van der Waals surface area (Å²) in [5.74, 6) is -0.873. The molecule has 2 fully saturated rings. The number of ketones is 3. The largest absolute Gasteiger partial charge is 0.490 e. The van der Waals surface area contributed by atoms with Crippen LogP contribution in [0, 0.1) is 28.1 Å². The van der Waals surface area contributed by atoms with Crippen LogP contribution in [-0.4, -0.2) is 34.2 Å². The Morgan fingerprint density at radius 3 is 2.15 bits per heavy atom. The molecule has 41 heavy (non-hydrogen) atoms. The van der Waals surface area contributed by atoms with Gasteiger partial charge in [0.05, 0.1) is 11.0 Å². The lowest BCUT2D eigenvalue weighted by Gasteiger charge is -2.61. The first-order chi connectivity index (χ1) is 18.9. The predicted molar refractivity (Wildman–Crippen MR) is 165 cm³/mol. The molecular weight excluding hydrogens is 512 g/mol. The maximum absolute atomic E-state index is 15.4. The minimum absolute atomic E-state index is 0.0956. The van der Waals surface area contributed by atoms with Crippen molar-refractivity contribution in [2.24, 2.45) is 28.1 Å². The van der Waals surface area contributed by atoms with Crippen molar-refractivity contribution in [1.82, 2.24) is 0 Å². The lowest BCUT2D eigenvalue weighted by Crippen LogP contribution is -2.70. The number of carbonyl (C=O) groups excluding carboxylic acids is 3. The number of allylic oxidation sites excluding steroid dienone is 8. The minimum atomic E-state index is -1.59. The van der Waals surface area contributed by atoms with Gasteiger partial charge in [0, 0.05) is 11.5 Å². The molecule has 0 amide bonds. The van der Waals surface area contributed by atoms with Crippen molar-refractivity contribution in [3.05, 3.63) is 46.3 Å². The number of hydrogen-bond acceptors (Lipinski definition) is 5. The SMILES string of the molecule is CC[C@H](C)C(=O)[C@]12C(=O)[C@]3(CC=C(C)C)C[C@H](CC=C(C)C)[C@@]1(C)CC[C@@H](C(C)(C)O)OC2=C(CC=C(C)C)C3=O. The highest BCUT2D eigenvalue weighted by Crippen LogP contribution is 2.70. The Labute approximate surface area is 248 Å². The molecule has 0 radical (unpaired) electrons. The topological polar surface area (TPSA) is 80.7 Å². The highest BCUT2D eigenvalue weighted by atomic mass is 16.5. The fourth-order valence-electron chi connectivity index (χ4n) is 7.44. The number of Topliss-reactive ketones (excluding diaryl/α,β-unsaturated/α-hetero) is 3. The summed E-state index contributed by atoms with van der Waals surface area (Å²) in [7, 11) is 0. The zero-order valence-corrected chi connectivity index (χ0v) is 27.5. The van der Waals surface area contributed by atoms with Gasteiger partial charge in [0.2, 0.25) is 0 Å². The van der Waals surface area contributed by atoms with Gasteiger partial charge >= 0.3 is 0 Å². The number of rotatable bonds is 10. The number of hydrogen-bond donors (Lipinski definition) is 1. The summed E-state index contributed by atoms with van der Waals surface area (Å²) in [4.78, 5) is 45.2. The van der Waals surface area contributed by atoms with Crippen LogP contribution >= 0.6 is 0 Å². The lowest BCUT2D eigenvalue weighted by molar-refractivity contribution is -0.179. The number of carbonyl (C=O) groups is 3. The molecule has 1 saturated carbocycles. The molecule has 2 aliphatic carbocycles. The van der Waals surface area contributed by atoms with Crippen LogP contribution in [0.1, 0.15) is 121 Å². The zero-order chi connectivity index (χ0) is 31.1. The molecule has 1 heterocycles. The Hall–Kier alpha value is -2.27. The second-order valence-corrected chi connectivity index (χ2v) is 14.6. The van der Waals surface area contributed by atoms with E-state index in [4.69, 9.17) is 4.74 Å². The molecule has 1 aliphatic heterocycles. The third-order valence-electron chi connectivity index (χ3n) is 10.2. The summed E-state index contributed by atoms with van der Waals surface area (Å²) in [6.45, 7) is 21.4. The van der Waals surface area contributed by atoms with E-state index in [9.17, 15) is 14.7 Å². The van der Waals surface area contributed by atoms with E-state index in [1.54, 1.807) is 13.8 Å². The van der Waals surface area contributed by atoms with Gasteiger partial charge < -0.3 is 9.84 Å². The Kier molecular flexibility index (Phi) is 9.55. The van der Waals surface area contributed by atoms with Crippen LogP contribution in [0.3, 0.4) is 0 Å². The molecule has 228 valence electrons. The normalized spacial score (nSPS) is 32.0. The lowest BCUT2D eigenvalue weighted by atomic mass is 9.38. The average molecular weight is 567 g/mol. The van der Waals surface area contributed by atoms with E-state index in [0.29, 0.717) is 44.1 Å². The summed E-state index contributed by atoms with van der Waals surface area (Å²) in [6, 6.07) is 0. The molecule has 0 unspecified atom stereocenters. The van der Waals surface area contributed by atoms with Crippen molar-refractivity contribution in [3.63, 3.8) is 0 Å². The van der Waals surface area contributed by atoms with Crippen LogP contribution in [0.4, 0.5) is 0 Å². The predicted octanol–water partition coefficient (Wildman–Crippen LogP) is 8.03. The highest BCUT2D eigenvalue weighted by Gasteiger charge is 2.77. The van der Waals surface area contributed by atoms with Gasteiger partial charge in [0.15, 0.2) is 22.8 Å². The van der Waals surface area contributed by atoms with Crippen molar-refractivity contribution in [3.8, 4) is 0 Å². The number of aliphatic hydroxyl groups is 1. The first kappa shape index (κ1) is 33.2. The van der Waals surface area contributed by atoms with E-state index in [1.807, 2.05) is 53.7 Å². The molecule has 0 aromatic carbocycles. The summed E-state index contributed by atoms with van der Waals surface area (Å²) >= 11 is 0. The van der Waals surface area contributed by atoms with Gasteiger partial charge in [0.25, 0.3) is 0 Å². The van der Waals surface area contributed by atoms with Crippen molar-refractivity contribution in [2.75, 3.05) is 0 Å². The molecule has 1 saturated heterocycles. The van der Waals surface area contributed by atoms with E-state index in [1.165, 1.54) is 5.57 Å². The molecule has 2 bridgehead atoms. The standard InChI is InChI=1S/C36H54O5/c1-12-25(8)29(37)36-31-27(16-14-23(4)5)30(38)35(32(36)39,20-17-24(6)7)21-26(15-13-22(2)3)34(36,11)19-18-28(41-31)33(9,10)40/h13-14,17,25-26,28,40H,12,15-16,18-21H2,1-11H3/t25-,26-,28-,34+,35+,36-/m0/s1. The van der Waals surface area contributed by atoms with Crippen molar-refractivity contribution in [2.45, 2.75) is 133 Å². The smallest absolute Gasteiger partial charge is 0.176 e. The molecule has 1 N–H and O–H groups in total. The summed E-state index contributed by atoms with van der Waals surface area (Å²) in [5, 5.41) is 11.2. The number of ether oxygens (including phenoxy) is 1.